The number of hydrogen-bond donors (Lipinski definition) is 1. The number of nitro groups is 1. The third-order valence-electron chi connectivity index (χ3n) is 2.88. The minimum atomic E-state index is -0.942. The molecule has 7 heteroatoms. The average molecular weight is 295 g/mol. The van der Waals surface area contributed by atoms with Gasteiger partial charge in [-0.25, -0.2) is 4.79 Å². The summed E-state index contributed by atoms with van der Waals surface area (Å²) in [4.78, 5) is 32.5. The highest BCUT2D eigenvalue weighted by Gasteiger charge is 2.17. The maximum atomic E-state index is 11.9. The smallest absolute Gasteiger partial charge is 0.338 e. The van der Waals surface area contributed by atoms with Crippen LogP contribution in [0.2, 0.25) is 0 Å². The van der Waals surface area contributed by atoms with Crippen molar-refractivity contribution in [3.63, 3.8) is 0 Å². The lowest BCUT2D eigenvalue weighted by atomic mass is 10.1. The van der Waals surface area contributed by atoms with Crippen LogP contribution in [0.1, 0.15) is 43.0 Å². The van der Waals surface area contributed by atoms with Crippen molar-refractivity contribution in [2.45, 2.75) is 38.7 Å². The van der Waals surface area contributed by atoms with E-state index in [1.165, 1.54) is 24.3 Å². The Bertz CT molecular complexity index is 511. The first-order chi connectivity index (χ1) is 9.93. The van der Waals surface area contributed by atoms with Gasteiger partial charge in [0.2, 0.25) is 0 Å². The van der Waals surface area contributed by atoms with Crippen LogP contribution in [0.5, 0.6) is 0 Å². The zero-order chi connectivity index (χ0) is 15.8. The molecule has 0 amide bonds. The number of esters is 1. The summed E-state index contributed by atoms with van der Waals surface area (Å²) in [5, 5.41) is 19.2. The van der Waals surface area contributed by atoms with Crippen LogP contribution >= 0.6 is 0 Å². The molecule has 114 valence electrons. The van der Waals surface area contributed by atoms with Crippen molar-refractivity contribution >= 4 is 17.6 Å². The van der Waals surface area contributed by atoms with Crippen molar-refractivity contribution in [2.24, 2.45) is 0 Å². The molecule has 0 saturated heterocycles. The summed E-state index contributed by atoms with van der Waals surface area (Å²) in [6.45, 7) is 1.91. The number of carbonyl (C=O) groups is 2. The molecule has 1 aromatic carbocycles. The largest absolute Gasteiger partial charge is 0.481 e. The van der Waals surface area contributed by atoms with Gasteiger partial charge in [0.05, 0.1) is 10.5 Å². The molecule has 0 aliphatic heterocycles. The maximum absolute atomic E-state index is 11.9. The van der Waals surface area contributed by atoms with E-state index in [1.54, 1.807) is 0 Å². The fraction of sp³-hybridized carbons (Fsp3) is 0.429. The minimum absolute atomic E-state index is 0.0712. The summed E-state index contributed by atoms with van der Waals surface area (Å²) < 4.78 is 5.26. The topological polar surface area (TPSA) is 107 Å². The lowest BCUT2D eigenvalue weighted by Gasteiger charge is -2.16. The molecule has 7 nitrogen and oxygen atoms in total. The number of non-ortho nitro benzene ring substituents is 1. The van der Waals surface area contributed by atoms with Gasteiger partial charge in [0.1, 0.15) is 6.10 Å². The molecule has 1 N–H and O–H groups in total. The van der Waals surface area contributed by atoms with Gasteiger partial charge in [-0.15, -0.1) is 0 Å². The number of hydrogen-bond acceptors (Lipinski definition) is 5. The second-order valence-corrected chi connectivity index (χ2v) is 4.55. The van der Waals surface area contributed by atoms with Crippen LogP contribution < -0.4 is 0 Å². The maximum Gasteiger partial charge on any atom is 0.338 e. The van der Waals surface area contributed by atoms with E-state index in [0.29, 0.717) is 6.42 Å². The van der Waals surface area contributed by atoms with Gasteiger partial charge in [-0.05, 0) is 25.0 Å². The van der Waals surface area contributed by atoms with Crippen LogP contribution in [0.25, 0.3) is 0 Å². The second-order valence-electron chi connectivity index (χ2n) is 4.55. The van der Waals surface area contributed by atoms with Crippen molar-refractivity contribution < 1.29 is 24.4 Å². The first kappa shape index (κ1) is 16.6. The molecule has 1 rings (SSSR count). The third kappa shape index (κ3) is 5.60. The molecule has 0 aromatic heterocycles. The van der Waals surface area contributed by atoms with Gasteiger partial charge >= 0.3 is 11.9 Å². The molecule has 0 aliphatic carbocycles. The van der Waals surface area contributed by atoms with E-state index in [0.717, 1.165) is 6.42 Å². The summed E-state index contributed by atoms with van der Waals surface area (Å²) in [5.41, 5.74) is 0.0968. The molecule has 0 heterocycles. The lowest BCUT2D eigenvalue weighted by molar-refractivity contribution is -0.384. The van der Waals surface area contributed by atoms with Gasteiger partial charge in [-0.1, -0.05) is 13.3 Å². The number of aliphatic carboxylic acids is 1. The molecular formula is C14H17NO6. The van der Waals surface area contributed by atoms with Gasteiger partial charge in [-0.3, -0.25) is 14.9 Å². The molecule has 0 aliphatic rings. The number of benzene rings is 1. The molecule has 0 spiro atoms. The Morgan fingerprint density at radius 2 is 1.90 bits per heavy atom. The Kier molecular flexibility index (Phi) is 6.32. The van der Waals surface area contributed by atoms with Crippen molar-refractivity contribution in [3.8, 4) is 0 Å². The van der Waals surface area contributed by atoms with E-state index in [2.05, 4.69) is 0 Å². The highest BCUT2D eigenvalue weighted by molar-refractivity contribution is 5.89. The number of ether oxygens (including phenoxy) is 1. The Labute approximate surface area is 121 Å². The van der Waals surface area contributed by atoms with Gasteiger partial charge in [0.25, 0.3) is 5.69 Å². The zero-order valence-corrected chi connectivity index (χ0v) is 11.7. The third-order valence-corrected chi connectivity index (χ3v) is 2.88. The standard InChI is InChI=1S/C14H17NO6/c1-2-3-12(8-9-13(16)17)21-14(18)10-4-6-11(7-5-10)15(19)20/h4-7,12H,2-3,8-9H2,1H3,(H,16,17)/t12-/m0/s1. The molecule has 0 saturated carbocycles. The molecule has 0 bridgehead atoms. The summed E-state index contributed by atoms with van der Waals surface area (Å²) in [6.07, 6.45) is 1.05. The molecule has 0 unspecified atom stereocenters. The van der Waals surface area contributed by atoms with Crippen LogP contribution in [0.4, 0.5) is 5.69 Å². The Hall–Kier alpha value is -2.44. The van der Waals surface area contributed by atoms with Gasteiger partial charge in [0, 0.05) is 18.6 Å². The number of nitrogens with zero attached hydrogens (tertiary/aromatic N) is 1. The minimum Gasteiger partial charge on any atom is -0.481 e. The van der Waals surface area contributed by atoms with Crippen molar-refractivity contribution in [1.29, 1.82) is 0 Å². The van der Waals surface area contributed by atoms with Crippen molar-refractivity contribution in [3.05, 3.63) is 39.9 Å². The summed E-state index contributed by atoms with van der Waals surface area (Å²) in [6, 6.07) is 5.09. The van der Waals surface area contributed by atoms with Gasteiger partial charge < -0.3 is 9.84 Å². The first-order valence-electron chi connectivity index (χ1n) is 6.61. The van der Waals surface area contributed by atoms with Crippen molar-refractivity contribution in [2.75, 3.05) is 0 Å². The van der Waals surface area contributed by atoms with Gasteiger partial charge in [-0.2, -0.15) is 0 Å². The molecular weight excluding hydrogens is 278 g/mol. The van der Waals surface area contributed by atoms with E-state index in [4.69, 9.17) is 9.84 Å². The molecule has 0 radical (unpaired) electrons. The fourth-order valence-electron chi connectivity index (χ4n) is 1.81. The molecule has 21 heavy (non-hydrogen) atoms. The summed E-state index contributed by atoms with van der Waals surface area (Å²) in [7, 11) is 0. The Morgan fingerprint density at radius 1 is 1.29 bits per heavy atom. The Morgan fingerprint density at radius 3 is 2.38 bits per heavy atom. The fourth-order valence-corrected chi connectivity index (χ4v) is 1.81. The normalized spacial score (nSPS) is 11.7. The Balaban J connectivity index is 2.67. The second kappa shape index (κ2) is 7.98. The highest BCUT2D eigenvalue weighted by atomic mass is 16.6. The van der Waals surface area contributed by atoms with E-state index in [-0.39, 0.29) is 24.1 Å². The van der Waals surface area contributed by atoms with E-state index < -0.39 is 23.0 Å². The number of rotatable bonds is 8. The van der Waals surface area contributed by atoms with Crippen LogP contribution in [0.15, 0.2) is 24.3 Å². The van der Waals surface area contributed by atoms with E-state index in [9.17, 15) is 19.7 Å². The van der Waals surface area contributed by atoms with Gasteiger partial charge in [0.15, 0.2) is 0 Å². The predicted molar refractivity (Wildman–Crippen MR) is 74.1 cm³/mol. The monoisotopic (exact) mass is 295 g/mol. The lowest BCUT2D eigenvalue weighted by Crippen LogP contribution is -2.19. The number of carbonyl (C=O) groups excluding carboxylic acids is 1. The first-order valence-corrected chi connectivity index (χ1v) is 6.61. The summed E-state index contributed by atoms with van der Waals surface area (Å²) in [5.74, 6) is -1.55. The average Bonchev–Trinajstić information content (AvgIpc) is 2.45. The molecule has 1 atom stereocenters. The zero-order valence-electron chi connectivity index (χ0n) is 11.7. The predicted octanol–water partition coefficient (Wildman–Crippen LogP) is 2.79. The van der Waals surface area contributed by atoms with Crippen molar-refractivity contribution in [1.82, 2.24) is 0 Å². The quantitative estimate of drug-likeness (QED) is 0.449. The molecule has 1 aromatic rings. The van der Waals surface area contributed by atoms with Crippen LogP contribution in [0, 0.1) is 10.1 Å². The summed E-state index contributed by atoms with van der Waals surface area (Å²) >= 11 is 0. The number of nitro benzene ring substituents is 1. The number of carboxylic acid groups (broad SMARTS) is 1. The highest BCUT2D eigenvalue weighted by Crippen LogP contribution is 2.16. The van der Waals surface area contributed by atoms with Crippen LogP contribution in [-0.2, 0) is 9.53 Å². The van der Waals surface area contributed by atoms with E-state index >= 15 is 0 Å². The molecule has 0 fully saturated rings. The number of carboxylic acids is 1. The SMILES string of the molecule is CCC[C@@H](CCC(=O)O)OC(=O)c1ccc([N+](=O)[O-])cc1. The van der Waals surface area contributed by atoms with Crippen LogP contribution in [-0.4, -0.2) is 28.1 Å². The van der Waals surface area contributed by atoms with Crippen LogP contribution in [0.3, 0.4) is 0 Å². The van der Waals surface area contributed by atoms with E-state index in [1.807, 2.05) is 6.92 Å².